The summed E-state index contributed by atoms with van der Waals surface area (Å²) in [6.07, 6.45) is 4.51. The van der Waals surface area contributed by atoms with Gasteiger partial charge in [0.15, 0.2) is 5.60 Å². The van der Waals surface area contributed by atoms with E-state index in [0.29, 0.717) is 30.6 Å². The summed E-state index contributed by atoms with van der Waals surface area (Å²) in [6.45, 7) is 1.03. The van der Waals surface area contributed by atoms with Gasteiger partial charge in [0.2, 0.25) is 11.8 Å². The van der Waals surface area contributed by atoms with Crippen molar-refractivity contribution in [3.8, 4) is 17.2 Å². The lowest BCUT2D eigenvalue weighted by Crippen LogP contribution is -2.55. The first-order chi connectivity index (χ1) is 18.4. The molecule has 38 heavy (non-hydrogen) atoms. The minimum Gasteiger partial charge on any atom is -0.372 e. The van der Waals surface area contributed by atoms with Crippen molar-refractivity contribution in [2.75, 3.05) is 13.1 Å². The maximum Gasteiger partial charge on any atom is 0.264 e. The lowest BCUT2D eigenvalue weighted by atomic mass is 9.88. The highest BCUT2D eigenvalue weighted by atomic mass is 16.3. The van der Waals surface area contributed by atoms with Gasteiger partial charge in [0.1, 0.15) is 12.1 Å². The van der Waals surface area contributed by atoms with Crippen LogP contribution in [-0.4, -0.2) is 52.9 Å². The summed E-state index contributed by atoms with van der Waals surface area (Å²) in [4.78, 5) is 41.9. The number of piperidine rings is 1. The summed E-state index contributed by atoms with van der Waals surface area (Å²) in [6, 6.07) is 15.3. The molecule has 5 atom stereocenters. The van der Waals surface area contributed by atoms with Gasteiger partial charge in [-0.05, 0) is 55.1 Å². The van der Waals surface area contributed by atoms with Crippen molar-refractivity contribution in [1.29, 1.82) is 5.26 Å². The minimum atomic E-state index is -1.89. The van der Waals surface area contributed by atoms with Gasteiger partial charge in [0, 0.05) is 30.1 Å². The molecule has 2 aromatic rings. The fourth-order valence-electron chi connectivity index (χ4n) is 7.25. The minimum absolute atomic E-state index is 0.0215. The van der Waals surface area contributed by atoms with E-state index in [1.165, 1.54) is 0 Å². The fraction of sp³-hybridized carbons (Fsp3) is 0.467. The summed E-state index contributed by atoms with van der Waals surface area (Å²) < 4.78 is 0. The molecule has 2 aliphatic carbocycles. The highest BCUT2D eigenvalue weighted by Crippen LogP contribution is 2.50. The number of aliphatic hydroxyl groups is 1. The first-order valence-electron chi connectivity index (χ1n) is 13.6. The quantitative estimate of drug-likeness (QED) is 0.568. The third kappa shape index (κ3) is 3.80. The van der Waals surface area contributed by atoms with Gasteiger partial charge in [-0.2, -0.15) is 5.26 Å². The van der Waals surface area contributed by atoms with E-state index in [1.54, 1.807) is 17.0 Å². The predicted molar refractivity (Wildman–Crippen MR) is 139 cm³/mol. The number of nitrogens with zero attached hydrogens (tertiary/aromatic N) is 2. The second-order valence-electron chi connectivity index (χ2n) is 11.1. The molecular weight excluding hydrogens is 480 g/mol. The average Bonchev–Trinajstić information content (AvgIpc) is 3.61. The molecule has 0 aromatic heterocycles. The third-order valence-electron chi connectivity index (χ3n) is 9.05. The molecule has 3 N–H and O–H groups in total. The van der Waals surface area contributed by atoms with Crippen molar-refractivity contribution in [3.05, 3.63) is 59.7 Å². The zero-order chi connectivity index (χ0) is 26.4. The number of benzene rings is 2. The highest BCUT2D eigenvalue weighted by Gasteiger charge is 2.56. The lowest BCUT2D eigenvalue weighted by molar-refractivity contribution is -0.152. The molecule has 2 aromatic carbocycles. The number of carbonyl (C=O) groups excluding carboxylic acids is 3. The second-order valence-corrected chi connectivity index (χ2v) is 11.1. The Morgan fingerprint density at radius 1 is 1.08 bits per heavy atom. The first kappa shape index (κ1) is 24.6. The molecule has 2 saturated heterocycles. The van der Waals surface area contributed by atoms with Crippen LogP contribution in [0.5, 0.6) is 0 Å². The van der Waals surface area contributed by atoms with E-state index in [0.717, 1.165) is 36.8 Å². The monoisotopic (exact) mass is 512 g/mol. The van der Waals surface area contributed by atoms with Crippen LogP contribution in [0.3, 0.4) is 0 Å². The molecule has 0 radical (unpaired) electrons. The number of likely N-dealkylation sites (tertiary alicyclic amines) is 1. The van der Waals surface area contributed by atoms with E-state index in [4.69, 9.17) is 0 Å². The number of nitrogens with one attached hydrogen (secondary N) is 2. The van der Waals surface area contributed by atoms with Gasteiger partial charge in [0.25, 0.3) is 5.91 Å². The maximum atomic E-state index is 14.3. The predicted octanol–water partition coefficient (Wildman–Crippen LogP) is 2.45. The Kier molecular flexibility index (Phi) is 6.19. The van der Waals surface area contributed by atoms with Gasteiger partial charge in [-0.15, -0.1) is 0 Å². The zero-order valence-corrected chi connectivity index (χ0v) is 21.2. The molecule has 2 heterocycles. The smallest absolute Gasteiger partial charge is 0.264 e. The molecule has 1 saturated carbocycles. The van der Waals surface area contributed by atoms with Gasteiger partial charge < -0.3 is 20.6 Å². The highest BCUT2D eigenvalue weighted by molar-refractivity contribution is 6.01. The van der Waals surface area contributed by atoms with Gasteiger partial charge in [-0.3, -0.25) is 14.4 Å². The largest absolute Gasteiger partial charge is 0.372 e. The van der Waals surface area contributed by atoms with Crippen LogP contribution in [0.4, 0.5) is 0 Å². The number of amides is 3. The SMILES string of the molecule is N#C[C@H](C[C@@H]1CCCNC1=O)NC(=O)[C@@H]1[C@@H]2CCC[C@@H]2CN1C(=O)C1(O)c2ccccc2-c2ccccc21. The number of hydrogen-bond donors (Lipinski definition) is 3. The van der Waals surface area contributed by atoms with E-state index in [-0.39, 0.29) is 36.0 Å². The van der Waals surface area contributed by atoms with Gasteiger partial charge in [-0.25, -0.2) is 0 Å². The van der Waals surface area contributed by atoms with Crippen LogP contribution in [0.25, 0.3) is 11.1 Å². The van der Waals surface area contributed by atoms with E-state index in [1.807, 2.05) is 36.4 Å². The number of rotatable bonds is 5. The van der Waals surface area contributed by atoms with Gasteiger partial charge in [-0.1, -0.05) is 55.0 Å². The summed E-state index contributed by atoms with van der Waals surface area (Å²) in [5.74, 6) is -1.12. The Balaban J connectivity index is 1.30. The van der Waals surface area contributed by atoms with Crippen molar-refractivity contribution in [2.45, 2.75) is 56.2 Å². The molecule has 0 spiro atoms. The molecule has 3 fully saturated rings. The number of hydrogen-bond acceptors (Lipinski definition) is 5. The lowest BCUT2D eigenvalue weighted by Gasteiger charge is -2.34. The summed E-state index contributed by atoms with van der Waals surface area (Å²) in [7, 11) is 0. The van der Waals surface area contributed by atoms with Crippen LogP contribution in [0.1, 0.15) is 49.7 Å². The van der Waals surface area contributed by atoms with Crippen LogP contribution in [0.15, 0.2) is 48.5 Å². The van der Waals surface area contributed by atoms with Crippen LogP contribution < -0.4 is 10.6 Å². The van der Waals surface area contributed by atoms with Crippen molar-refractivity contribution in [2.24, 2.45) is 17.8 Å². The van der Waals surface area contributed by atoms with Crippen LogP contribution in [0, 0.1) is 29.1 Å². The van der Waals surface area contributed by atoms with Crippen molar-refractivity contribution < 1.29 is 19.5 Å². The molecule has 2 aliphatic heterocycles. The number of fused-ring (bicyclic) bond motifs is 4. The Morgan fingerprint density at radius 3 is 2.42 bits per heavy atom. The van der Waals surface area contributed by atoms with Crippen LogP contribution in [-0.2, 0) is 20.0 Å². The Morgan fingerprint density at radius 2 is 1.76 bits per heavy atom. The molecule has 6 rings (SSSR count). The first-order valence-corrected chi connectivity index (χ1v) is 13.6. The normalized spacial score (nSPS) is 27.5. The molecule has 196 valence electrons. The van der Waals surface area contributed by atoms with Crippen molar-refractivity contribution in [1.82, 2.24) is 15.5 Å². The Labute approximate surface area is 222 Å². The maximum absolute atomic E-state index is 14.3. The molecular formula is C30H32N4O4. The van der Waals surface area contributed by atoms with Gasteiger partial charge in [0.05, 0.1) is 6.07 Å². The summed E-state index contributed by atoms with van der Waals surface area (Å²) >= 11 is 0. The molecule has 0 unspecified atom stereocenters. The standard InChI is InChI=1S/C30H32N4O4/c31-16-20(15-18-8-6-14-32-27(18)35)33-28(36)26-21-11-5-7-19(21)17-34(26)29(37)30(38)24-12-3-1-9-22(24)23-10-2-4-13-25(23)30/h1-4,9-10,12-13,18-21,26,38H,5-8,11,14-15,17H2,(H,32,35)(H,33,36)/t18-,19+,20-,21+,26-/m0/s1. The van der Waals surface area contributed by atoms with E-state index < -0.39 is 23.6 Å². The van der Waals surface area contributed by atoms with Crippen LogP contribution in [0.2, 0.25) is 0 Å². The van der Waals surface area contributed by atoms with Crippen molar-refractivity contribution in [3.63, 3.8) is 0 Å². The van der Waals surface area contributed by atoms with Gasteiger partial charge >= 0.3 is 0 Å². The molecule has 3 amide bonds. The fourth-order valence-corrected chi connectivity index (χ4v) is 7.25. The van der Waals surface area contributed by atoms with E-state index >= 15 is 0 Å². The number of nitriles is 1. The summed E-state index contributed by atoms with van der Waals surface area (Å²) in [5.41, 5.74) is 0.796. The molecule has 0 bridgehead atoms. The van der Waals surface area contributed by atoms with Crippen molar-refractivity contribution >= 4 is 17.7 Å². The molecule has 8 heteroatoms. The molecule has 4 aliphatic rings. The topological polar surface area (TPSA) is 123 Å². The Hall–Kier alpha value is -3.70. The van der Waals surface area contributed by atoms with E-state index in [2.05, 4.69) is 16.7 Å². The zero-order valence-electron chi connectivity index (χ0n) is 21.2. The van der Waals surface area contributed by atoms with E-state index in [9.17, 15) is 24.8 Å². The second kappa shape index (κ2) is 9.55. The number of carbonyl (C=O) groups is 3. The van der Waals surface area contributed by atoms with Crippen LogP contribution >= 0.6 is 0 Å². The Bertz CT molecular complexity index is 1290. The average molecular weight is 513 g/mol. The third-order valence-corrected chi connectivity index (χ3v) is 9.05. The summed E-state index contributed by atoms with van der Waals surface area (Å²) in [5, 5.41) is 27.6. The molecule has 8 nitrogen and oxygen atoms in total.